The van der Waals surface area contributed by atoms with Gasteiger partial charge in [-0.05, 0) is 26.8 Å². The summed E-state index contributed by atoms with van der Waals surface area (Å²) in [4.78, 5) is 4.88. The summed E-state index contributed by atoms with van der Waals surface area (Å²) in [5.41, 5.74) is 0. The molecule has 1 N–H and O–H groups in total. The molecule has 1 aliphatic carbocycles. The molecule has 0 amide bonds. The van der Waals surface area contributed by atoms with Gasteiger partial charge in [-0.15, -0.1) is 5.10 Å². The average molecular weight is 265 g/mol. The van der Waals surface area contributed by atoms with Crippen LogP contribution in [-0.4, -0.2) is 65.8 Å². The van der Waals surface area contributed by atoms with E-state index in [0.29, 0.717) is 18.0 Å². The SMILES string of the molecule is CC(CNc1nnc(C2CC2)o1)N1CCN(C)CC1. The molecule has 106 valence electrons. The molecule has 6 nitrogen and oxygen atoms in total. The minimum absolute atomic E-state index is 0.491. The fraction of sp³-hybridized carbons (Fsp3) is 0.846. The van der Waals surface area contributed by atoms with E-state index >= 15 is 0 Å². The molecule has 0 aromatic carbocycles. The second-order valence-corrected chi connectivity index (χ2v) is 5.79. The van der Waals surface area contributed by atoms with Gasteiger partial charge in [0, 0.05) is 44.7 Å². The Morgan fingerprint density at radius 3 is 2.68 bits per heavy atom. The van der Waals surface area contributed by atoms with E-state index < -0.39 is 0 Å². The second kappa shape index (κ2) is 5.46. The van der Waals surface area contributed by atoms with E-state index in [0.717, 1.165) is 38.6 Å². The number of piperazine rings is 1. The van der Waals surface area contributed by atoms with Crippen LogP contribution in [0.3, 0.4) is 0 Å². The number of rotatable bonds is 5. The first-order valence-corrected chi connectivity index (χ1v) is 7.22. The van der Waals surface area contributed by atoms with Crippen molar-refractivity contribution in [1.29, 1.82) is 0 Å². The maximum absolute atomic E-state index is 5.60. The van der Waals surface area contributed by atoms with Crippen molar-refractivity contribution in [3.05, 3.63) is 5.89 Å². The van der Waals surface area contributed by atoms with Crippen LogP contribution < -0.4 is 5.32 Å². The predicted molar refractivity (Wildman–Crippen MR) is 73.3 cm³/mol. The second-order valence-electron chi connectivity index (χ2n) is 5.79. The van der Waals surface area contributed by atoms with Crippen molar-refractivity contribution in [3.63, 3.8) is 0 Å². The van der Waals surface area contributed by atoms with Gasteiger partial charge >= 0.3 is 6.01 Å². The van der Waals surface area contributed by atoms with Crippen LogP contribution in [0.5, 0.6) is 0 Å². The van der Waals surface area contributed by atoms with Crippen molar-refractivity contribution in [2.45, 2.75) is 31.7 Å². The molecule has 0 bridgehead atoms. The largest absolute Gasteiger partial charge is 0.408 e. The first-order valence-electron chi connectivity index (χ1n) is 7.22. The summed E-state index contributed by atoms with van der Waals surface area (Å²) in [6, 6.07) is 1.06. The van der Waals surface area contributed by atoms with Crippen molar-refractivity contribution in [3.8, 4) is 0 Å². The Morgan fingerprint density at radius 1 is 1.26 bits per heavy atom. The van der Waals surface area contributed by atoms with Crippen LogP contribution in [0.2, 0.25) is 0 Å². The zero-order chi connectivity index (χ0) is 13.2. The lowest BCUT2D eigenvalue weighted by atomic mass is 10.2. The highest BCUT2D eigenvalue weighted by molar-refractivity contribution is 5.19. The van der Waals surface area contributed by atoms with Gasteiger partial charge in [0.2, 0.25) is 5.89 Å². The number of hydrogen-bond acceptors (Lipinski definition) is 6. The van der Waals surface area contributed by atoms with E-state index in [1.165, 1.54) is 12.8 Å². The van der Waals surface area contributed by atoms with E-state index in [4.69, 9.17) is 4.42 Å². The highest BCUT2D eigenvalue weighted by atomic mass is 16.4. The van der Waals surface area contributed by atoms with Crippen LogP contribution >= 0.6 is 0 Å². The smallest absolute Gasteiger partial charge is 0.315 e. The summed E-state index contributed by atoms with van der Waals surface area (Å²) in [7, 11) is 2.18. The molecular formula is C13H23N5O. The lowest BCUT2D eigenvalue weighted by Gasteiger charge is -2.36. The number of hydrogen-bond donors (Lipinski definition) is 1. The Balaban J connectivity index is 1.45. The summed E-state index contributed by atoms with van der Waals surface area (Å²) < 4.78 is 5.60. The third-order valence-electron chi connectivity index (χ3n) is 4.08. The standard InChI is InChI=1S/C13H23N5O/c1-10(18-7-5-17(2)6-8-18)9-14-13-16-15-12(19-13)11-3-4-11/h10-11H,3-9H2,1-2H3,(H,14,16). The van der Waals surface area contributed by atoms with Crippen LogP contribution in [0.1, 0.15) is 31.6 Å². The van der Waals surface area contributed by atoms with Gasteiger partial charge in [-0.25, -0.2) is 0 Å². The zero-order valence-electron chi connectivity index (χ0n) is 11.8. The minimum Gasteiger partial charge on any atom is -0.408 e. The topological polar surface area (TPSA) is 57.4 Å². The molecule has 1 atom stereocenters. The van der Waals surface area contributed by atoms with Crippen molar-refractivity contribution in [1.82, 2.24) is 20.0 Å². The molecular weight excluding hydrogens is 242 g/mol. The normalized spacial score (nSPS) is 23.5. The number of nitrogens with zero attached hydrogens (tertiary/aromatic N) is 4. The van der Waals surface area contributed by atoms with E-state index in [1.54, 1.807) is 0 Å². The van der Waals surface area contributed by atoms with Crippen LogP contribution in [-0.2, 0) is 0 Å². The zero-order valence-corrected chi connectivity index (χ0v) is 11.8. The summed E-state index contributed by atoms with van der Waals surface area (Å²) in [6.07, 6.45) is 2.39. The molecule has 0 spiro atoms. The molecule has 2 aliphatic rings. The third-order valence-corrected chi connectivity index (χ3v) is 4.08. The van der Waals surface area contributed by atoms with Crippen molar-refractivity contribution < 1.29 is 4.42 Å². The molecule has 1 aromatic heterocycles. The van der Waals surface area contributed by atoms with Gasteiger partial charge in [-0.1, -0.05) is 5.10 Å². The molecule has 1 aliphatic heterocycles. The molecule has 2 fully saturated rings. The number of nitrogens with one attached hydrogen (secondary N) is 1. The van der Waals surface area contributed by atoms with Gasteiger partial charge < -0.3 is 14.6 Å². The summed E-state index contributed by atoms with van der Waals surface area (Å²) >= 11 is 0. The van der Waals surface area contributed by atoms with E-state index in [9.17, 15) is 0 Å². The van der Waals surface area contributed by atoms with Gasteiger partial charge in [0.1, 0.15) is 0 Å². The fourth-order valence-electron chi connectivity index (χ4n) is 2.43. The lowest BCUT2D eigenvalue weighted by Crippen LogP contribution is -2.49. The Morgan fingerprint density at radius 2 is 2.00 bits per heavy atom. The molecule has 19 heavy (non-hydrogen) atoms. The Hall–Kier alpha value is -1.14. The van der Waals surface area contributed by atoms with Gasteiger partial charge in [0.05, 0.1) is 0 Å². The summed E-state index contributed by atoms with van der Waals surface area (Å²) in [5, 5.41) is 11.4. The lowest BCUT2D eigenvalue weighted by molar-refractivity contribution is 0.123. The molecule has 1 saturated carbocycles. The Labute approximate surface area is 114 Å². The van der Waals surface area contributed by atoms with Crippen LogP contribution in [0, 0.1) is 0 Å². The van der Waals surface area contributed by atoms with E-state index in [-0.39, 0.29) is 0 Å². The minimum atomic E-state index is 0.491. The van der Waals surface area contributed by atoms with Gasteiger partial charge in [0.15, 0.2) is 0 Å². The van der Waals surface area contributed by atoms with Gasteiger partial charge in [-0.3, -0.25) is 4.90 Å². The average Bonchev–Trinajstić information content (AvgIpc) is 3.16. The monoisotopic (exact) mass is 265 g/mol. The third kappa shape index (κ3) is 3.25. The highest BCUT2D eigenvalue weighted by Crippen LogP contribution is 2.39. The first kappa shape index (κ1) is 12.9. The maximum Gasteiger partial charge on any atom is 0.315 e. The highest BCUT2D eigenvalue weighted by Gasteiger charge is 2.29. The summed E-state index contributed by atoms with van der Waals surface area (Å²) in [5.74, 6) is 1.33. The number of anilines is 1. The fourth-order valence-corrected chi connectivity index (χ4v) is 2.43. The van der Waals surface area contributed by atoms with Crippen LogP contribution in [0.15, 0.2) is 4.42 Å². The molecule has 1 aromatic rings. The number of likely N-dealkylation sites (N-methyl/N-ethyl adjacent to an activating group) is 1. The van der Waals surface area contributed by atoms with Crippen LogP contribution in [0.25, 0.3) is 0 Å². The van der Waals surface area contributed by atoms with Crippen molar-refractivity contribution >= 4 is 6.01 Å². The van der Waals surface area contributed by atoms with Gasteiger partial charge in [0.25, 0.3) is 0 Å². The maximum atomic E-state index is 5.60. The predicted octanol–water partition coefficient (Wildman–Crippen LogP) is 0.995. The molecule has 2 heterocycles. The van der Waals surface area contributed by atoms with Crippen LogP contribution in [0.4, 0.5) is 6.01 Å². The van der Waals surface area contributed by atoms with E-state index in [2.05, 4.69) is 39.3 Å². The Bertz CT molecular complexity index is 409. The molecule has 1 saturated heterocycles. The molecule has 6 heteroatoms. The molecule has 1 unspecified atom stereocenters. The van der Waals surface area contributed by atoms with Gasteiger partial charge in [-0.2, -0.15) is 0 Å². The first-order chi connectivity index (χ1) is 9.22. The Kier molecular flexibility index (Phi) is 3.70. The molecule has 3 rings (SSSR count). The van der Waals surface area contributed by atoms with Crippen molar-refractivity contribution in [2.75, 3.05) is 45.1 Å². The number of aromatic nitrogens is 2. The van der Waals surface area contributed by atoms with E-state index in [1.807, 2.05) is 0 Å². The quantitative estimate of drug-likeness (QED) is 0.857. The summed E-state index contributed by atoms with van der Waals surface area (Å²) in [6.45, 7) is 7.67. The molecule has 0 radical (unpaired) electrons. The van der Waals surface area contributed by atoms with Crippen molar-refractivity contribution in [2.24, 2.45) is 0 Å².